The average Bonchev–Trinajstić information content (AvgIpc) is 3.24. The van der Waals surface area contributed by atoms with Crippen molar-refractivity contribution in [2.24, 2.45) is 46.3 Å². The number of nitrogens with zero attached hydrogens (tertiary/aromatic N) is 2. The number of halogens is 3. The van der Waals surface area contributed by atoms with E-state index in [0.717, 1.165) is 44.7 Å². The van der Waals surface area contributed by atoms with E-state index in [0.29, 0.717) is 31.1 Å². The van der Waals surface area contributed by atoms with E-state index in [9.17, 15) is 19.7 Å². The van der Waals surface area contributed by atoms with Crippen molar-refractivity contribution < 1.29 is 33.2 Å². The number of ether oxygens (including phenoxy) is 1. The molecule has 0 spiro atoms. The highest BCUT2D eigenvalue weighted by atomic mass is 19.3. The Hall–Kier alpha value is -1.45. The second-order valence-corrected chi connectivity index (χ2v) is 13.7. The second-order valence-electron chi connectivity index (χ2n) is 13.7. The monoisotopic (exact) mass is 554 g/mol. The summed E-state index contributed by atoms with van der Waals surface area (Å²) in [7, 11) is 1.36. The normalized spacial score (nSPS) is 42.7. The van der Waals surface area contributed by atoms with Crippen molar-refractivity contribution in [2.45, 2.75) is 109 Å². The van der Waals surface area contributed by atoms with E-state index < -0.39 is 42.0 Å². The first-order valence-electron chi connectivity index (χ1n) is 14.8. The van der Waals surface area contributed by atoms with E-state index in [1.807, 2.05) is 0 Å². The van der Waals surface area contributed by atoms with Gasteiger partial charge in [-0.25, -0.2) is 13.8 Å². The van der Waals surface area contributed by atoms with Gasteiger partial charge >= 0.3 is 0 Å². The molecule has 220 valence electrons. The highest BCUT2D eigenvalue weighted by Crippen LogP contribution is 2.71. The van der Waals surface area contributed by atoms with Crippen LogP contribution in [0.15, 0.2) is 6.20 Å². The summed E-state index contributed by atoms with van der Waals surface area (Å²) >= 11 is 0. The lowest BCUT2D eigenvalue weighted by atomic mass is 9.43. The molecule has 9 heteroatoms. The van der Waals surface area contributed by atoms with Crippen molar-refractivity contribution in [3.63, 3.8) is 0 Å². The van der Waals surface area contributed by atoms with Crippen LogP contribution in [0.4, 0.5) is 13.2 Å². The van der Waals surface area contributed by atoms with E-state index >= 15 is 8.78 Å². The maximum atomic E-state index is 16.0. The maximum Gasteiger partial charge on any atom is 0.251 e. The first kappa shape index (κ1) is 29.1. The minimum Gasteiger partial charge on any atom is -0.480 e. The molecule has 0 radical (unpaired) electrons. The summed E-state index contributed by atoms with van der Waals surface area (Å²) in [6.45, 7) is 6.55. The van der Waals surface area contributed by atoms with Crippen LogP contribution in [0.25, 0.3) is 0 Å². The first-order valence-corrected chi connectivity index (χ1v) is 14.8. The second kappa shape index (κ2) is 10.4. The smallest absolute Gasteiger partial charge is 0.251 e. The van der Waals surface area contributed by atoms with Gasteiger partial charge in [0.1, 0.15) is 11.8 Å². The molecule has 0 aromatic carbocycles. The largest absolute Gasteiger partial charge is 0.480 e. The summed E-state index contributed by atoms with van der Waals surface area (Å²) < 4.78 is 50.4. The molecule has 0 aliphatic heterocycles. The molecule has 4 aliphatic carbocycles. The summed E-state index contributed by atoms with van der Waals surface area (Å²) in [6, 6.07) is 0. The maximum absolute atomic E-state index is 16.0. The Morgan fingerprint density at radius 3 is 2.44 bits per heavy atom. The van der Waals surface area contributed by atoms with Gasteiger partial charge in [-0.3, -0.25) is 0 Å². The van der Waals surface area contributed by atoms with Gasteiger partial charge in [-0.15, -0.1) is 0 Å². The Bertz CT molecular complexity index is 1050. The van der Waals surface area contributed by atoms with Gasteiger partial charge in [-0.1, -0.05) is 33.6 Å². The highest BCUT2D eigenvalue weighted by molar-refractivity contribution is 5.20. The van der Waals surface area contributed by atoms with E-state index in [-0.39, 0.29) is 40.7 Å². The third-order valence-electron chi connectivity index (χ3n) is 11.9. The molecule has 4 saturated carbocycles. The molecule has 4 aliphatic rings. The lowest BCUT2D eigenvalue weighted by molar-refractivity contribution is -0.258. The zero-order valence-corrected chi connectivity index (χ0v) is 23.6. The number of hydrogen-bond donors (Lipinski definition) is 3. The third-order valence-corrected chi connectivity index (χ3v) is 11.9. The average molecular weight is 555 g/mol. The van der Waals surface area contributed by atoms with Crippen LogP contribution in [0, 0.1) is 52.3 Å². The number of fused-ring (bicyclic) bond motifs is 5. The fourth-order valence-electron chi connectivity index (χ4n) is 9.87. The van der Waals surface area contributed by atoms with Crippen LogP contribution < -0.4 is 4.74 Å². The van der Waals surface area contributed by atoms with Gasteiger partial charge in [-0.2, -0.15) is 9.37 Å². The number of aromatic nitrogens is 2. The number of aliphatic hydroxyl groups is 3. The van der Waals surface area contributed by atoms with Crippen molar-refractivity contribution in [1.82, 2.24) is 9.97 Å². The van der Waals surface area contributed by atoms with Crippen LogP contribution in [0.1, 0.15) is 96.8 Å². The lowest BCUT2D eigenvalue weighted by Crippen LogP contribution is -2.64. The van der Waals surface area contributed by atoms with Crippen molar-refractivity contribution >= 4 is 0 Å². The molecule has 6 nitrogen and oxygen atoms in total. The molecule has 11 atom stereocenters. The SMILES string of the molecule is COc1nc(F)cnc1C(O)CCC[C@@H](C)[C@H]1CC[C@H]2[C@H]3[C@H](CC[C@]12C)[C@@]1(C)CC[C@H](O)[C@H](O)[C@@H]1CC3(F)F. The van der Waals surface area contributed by atoms with Crippen LogP contribution in [0.2, 0.25) is 0 Å². The molecule has 1 aromatic rings. The fraction of sp³-hybridized carbons (Fsp3) is 0.867. The molecule has 3 N–H and O–H groups in total. The zero-order chi connectivity index (χ0) is 28.3. The molecule has 1 unspecified atom stereocenters. The molecular formula is C30H45F3N2O4. The Kier molecular flexibility index (Phi) is 7.77. The summed E-state index contributed by atoms with van der Waals surface area (Å²) in [5.41, 5.74) is -0.301. The predicted molar refractivity (Wildman–Crippen MR) is 139 cm³/mol. The lowest BCUT2D eigenvalue weighted by Gasteiger charge is -2.63. The molecule has 0 bridgehead atoms. The van der Waals surface area contributed by atoms with Gasteiger partial charge in [0.05, 0.1) is 25.5 Å². The summed E-state index contributed by atoms with van der Waals surface area (Å²) in [5.74, 6) is -4.40. The Morgan fingerprint density at radius 1 is 1.03 bits per heavy atom. The van der Waals surface area contributed by atoms with Crippen LogP contribution in [0.3, 0.4) is 0 Å². The third kappa shape index (κ3) is 4.78. The topological polar surface area (TPSA) is 95.7 Å². The summed E-state index contributed by atoms with van der Waals surface area (Å²) in [5, 5.41) is 31.6. The molecule has 1 heterocycles. The molecule has 0 amide bonds. The van der Waals surface area contributed by atoms with Crippen LogP contribution >= 0.6 is 0 Å². The standard InChI is InChI=1S/C30H45F3N2O4/c1-16(6-5-7-21(36)25-27(39-4)35-23(31)15-34-25)17-8-9-18-24-19(10-12-28(17,18)2)29(3)13-11-22(37)26(38)20(29)14-30(24,32)33/h15-22,24,26,36-38H,5-14H2,1-4H3/t16-,17-,18+,19+,20+,21?,22+,24+,26-,28-,29-/m1/s1. The molecule has 1 aromatic heterocycles. The Balaban J connectivity index is 1.27. The number of aliphatic hydroxyl groups excluding tert-OH is 3. The van der Waals surface area contributed by atoms with Gasteiger partial charge in [0.15, 0.2) is 0 Å². The fourth-order valence-corrected chi connectivity index (χ4v) is 9.87. The van der Waals surface area contributed by atoms with Gasteiger partial charge in [0.2, 0.25) is 11.8 Å². The van der Waals surface area contributed by atoms with Crippen LogP contribution in [-0.4, -0.2) is 50.5 Å². The van der Waals surface area contributed by atoms with Crippen molar-refractivity contribution in [3.8, 4) is 5.88 Å². The van der Waals surface area contributed by atoms with Gasteiger partial charge in [0.25, 0.3) is 5.92 Å². The van der Waals surface area contributed by atoms with Gasteiger partial charge < -0.3 is 20.1 Å². The van der Waals surface area contributed by atoms with E-state index in [4.69, 9.17) is 4.74 Å². The van der Waals surface area contributed by atoms with Crippen LogP contribution in [0.5, 0.6) is 5.88 Å². The quantitative estimate of drug-likeness (QED) is 0.400. The Labute approximate surface area is 229 Å². The first-order chi connectivity index (χ1) is 18.3. The van der Waals surface area contributed by atoms with Gasteiger partial charge in [0, 0.05) is 12.3 Å². The molecular weight excluding hydrogens is 509 g/mol. The summed E-state index contributed by atoms with van der Waals surface area (Å²) in [4.78, 5) is 7.63. The highest BCUT2D eigenvalue weighted by Gasteiger charge is 2.69. The van der Waals surface area contributed by atoms with E-state index in [2.05, 4.69) is 30.7 Å². The molecule has 5 rings (SSSR count). The minimum absolute atomic E-state index is 0.0113. The van der Waals surface area contributed by atoms with Crippen molar-refractivity contribution in [1.29, 1.82) is 0 Å². The molecule has 39 heavy (non-hydrogen) atoms. The number of alkyl halides is 2. The van der Waals surface area contributed by atoms with E-state index in [1.54, 1.807) is 0 Å². The molecule has 0 saturated heterocycles. The van der Waals surface area contributed by atoms with Crippen molar-refractivity contribution in [3.05, 3.63) is 17.8 Å². The molecule has 4 fully saturated rings. The van der Waals surface area contributed by atoms with Gasteiger partial charge in [-0.05, 0) is 85.4 Å². The number of hydrogen-bond acceptors (Lipinski definition) is 6. The number of methoxy groups -OCH3 is 1. The zero-order valence-electron chi connectivity index (χ0n) is 23.6. The minimum atomic E-state index is -2.85. The van der Waals surface area contributed by atoms with Crippen LogP contribution in [-0.2, 0) is 0 Å². The van der Waals surface area contributed by atoms with Crippen molar-refractivity contribution in [2.75, 3.05) is 7.11 Å². The predicted octanol–water partition coefficient (Wildman–Crippen LogP) is 5.70. The summed E-state index contributed by atoms with van der Waals surface area (Å²) in [6.07, 6.45) is 4.33. The van der Waals surface area contributed by atoms with E-state index in [1.165, 1.54) is 7.11 Å². The number of rotatable bonds is 7. The Morgan fingerprint density at radius 2 is 1.72 bits per heavy atom.